The molecule has 2 aromatic rings. The molecule has 0 aliphatic rings. The fourth-order valence-electron chi connectivity index (χ4n) is 2.09. The van der Waals surface area contributed by atoms with Gasteiger partial charge in [0.15, 0.2) is 0 Å². The molecule has 2 N–H and O–H groups in total. The number of amidine groups is 1. The second kappa shape index (κ2) is 6.87. The van der Waals surface area contributed by atoms with E-state index in [0.29, 0.717) is 27.4 Å². The first-order valence-corrected chi connectivity index (χ1v) is 9.95. The van der Waals surface area contributed by atoms with Crippen LogP contribution >= 0.6 is 30.3 Å². The van der Waals surface area contributed by atoms with Gasteiger partial charge in [-0.2, -0.15) is 4.99 Å². The molecular formula is C14H16Cl2N5OP. The second-order valence-electron chi connectivity index (χ2n) is 5.16. The first-order chi connectivity index (χ1) is 10.7. The van der Waals surface area contributed by atoms with E-state index in [-0.39, 0.29) is 5.29 Å². The van der Waals surface area contributed by atoms with Gasteiger partial charge in [-0.05, 0) is 50.7 Å². The summed E-state index contributed by atoms with van der Waals surface area (Å²) < 4.78 is 12.7. The molecule has 6 nitrogen and oxygen atoms in total. The summed E-state index contributed by atoms with van der Waals surface area (Å²) in [6.45, 7) is 8.32. The lowest BCUT2D eigenvalue weighted by Gasteiger charge is -2.16. The molecule has 0 unspecified atom stereocenters. The van der Waals surface area contributed by atoms with E-state index >= 15 is 0 Å². The predicted molar refractivity (Wildman–Crippen MR) is 100 cm³/mol. The van der Waals surface area contributed by atoms with Crippen LogP contribution in [-0.2, 0) is 4.57 Å². The van der Waals surface area contributed by atoms with E-state index in [4.69, 9.17) is 23.2 Å². The topological polar surface area (TPSA) is 82.5 Å². The Morgan fingerprint density at radius 1 is 1.39 bits per heavy atom. The summed E-state index contributed by atoms with van der Waals surface area (Å²) in [6, 6.07) is 3.63. The van der Waals surface area contributed by atoms with Crippen molar-refractivity contribution in [2.24, 2.45) is 9.98 Å². The molecule has 0 spiro atoms. The van der Waals surface area contributed by atoms with Gasteiger partial charge in [0.25, 0.3) is 0 Å². The third-order valence-electron chi connectivity index (χ3n) is 3.02. The van der Waals surface area contributed by atoms with E-state index in [2.05, 4.69) is 32.0 Å². The number of aromatic amines is 1. The number of rotatable bonds is 4. The molecule has 0 fully saturated rings. The molecule has 0 saturated carbocycles. The largest absolute Gasteiger partial charge is 0.345 e. The number of aliphatic imine (C=N–C) groups is 2. The fraction of sp³-hybridized carbons (Fsp3) is 0.214. The lowest BCUT2D eigenvalue weighted by atomic mass is 10.2. The number of hydrogen-bond acceptors (Lipinski definition) is 4. The first-order valence-electron chi connectivity index (χ1n) is 6.60. The van der Waals surface area contributed by atoms with E-state index in [1.165, 1.54) is 0 Å². The Bertz CT molecular complexity index is 861. The Labute approximate surface area is 144 Å². The summed E-state index contributed by atoms with van der Waals surface area (Å²) >= 11 is 11.9. The van der Waals surface area contributed by atoms with Crippen molar-refractivity contribution in [2.75, 3.05) is 18.6 Å². The number of benzene rings is 1. The number of hydrogen-bond donors (Lipinski definition) is 2. The van der Waals surface area contributed by atoms with E-state index in [9.17, 15) is 4.57 Å². The molecule has 1 aromatic heterocycles. The number of imidazole rings is 1. The Morgan fingerprint density at radius 2 is 2.09 bits per heavy atom. The van der Waals surface area contributed by atoms with Gasteiger partial charge in [0, 0.05) is 0 Å². The van der Waals surface area contributed by atoms with Crippen LogP contribution in [0.5, 0.6) is 0 Å². The summed E-state index contributed by atoms with van der Waals surface area (Å²) in [5.41, 5.74) is 2.05. The molecule has 0 aliphatic carbocycles. The quantitative estimate of drug-likeness (QED) is 0.369. The van der Waals surface area contributed by atoms with Gasteiger partial charge in [-0.15, -0.1) is 0 Å². The maximum absolute atomic E-state index is 12.7. The zero-order valence-corrected chi connectivity index (χ0v) is 15.3. The Hall–Kier alpha value is -1.62. The SMILES string of the molecule is C=N/C(Cl)=N\C(Nc1ccc2[nH]cnc2c1P(C)(C)=O)=C(/C)Cl. The molecule has 0 amide bonds. The molecule has 1 aromatic carbocycles. The van der Waals surface area contributed by atoms with Crippen LogP contribution in [0.3, 0.4) is 0 Å². The minimum absolute atomic E-state index is 0.0499. The number of nitrogens with zero attached hydrogens (tertiary/aromatic N) is 3. The highest BCUT2D eigenvalue weighted by atomic mass is 35.5. The van der Waals surface area contributed by atoms with E-state index in [0.717, 1.165) is 5.52 Å². The van der Waals surface area contributed by atoms with Crippen molar-refractivity contribution in [3.8, 4) is 0 Å². The maximum atomic E-state index is 12.7. The zero-order valence-electron chi connectivity index (χ0n) is 12.9. The van der Waals surface area contributed by atoms with Crippen molar-refractivity contribution < 1.29 is 4.57 Å². The molecule has 0 radical (unpaired) electrons. The fourth-order valence-corrected chi connectivity index (χ4v) is 3.66. The highest BCUT2D eigenvalue weighted by Crippen LogP contribution is 2.40. The summed E-state index contributed by atoms with van der Waals surface area (Å²) in [5, 5.41) is 4.00. The summed E-state index contributed by atoms with van der Waals surface area (Å²) in [4.78, 5) is 14.9. The van der Waals surface area contributed by atoms with Crippen molar-refractivity contribution in [3.63, 3.8) is 0 Å². The van der Waals surface area contributed by atoms with Gasteiger partial charge in [0.1, 0.15) is 18.5 Å². The Morgan fingerprint density at radius 3 is 2.65 bits per heavy atom. The van der Waals surface area contributed by atoms with Gasteiger partial charge in [-0.25, -0.2) is 9.98 Å². The molecule has 2 rings (SSSR count). The van der Waals surface area contributed by atoms with Gasteiger partial charge >= 0.3 is 0 Å². The van der Waals surface area contributed by atoms with E-state index in [1.807, 2.05) is 6.07 Å². The molecule has 0 saturated heterocycles. The third-order valence-corrected chi connectivity index (χ3v) is 4.93. The number of anilines is 1. The standard InChI is InChI=1S/C14H16Cl2N5OP/c1-8(15)13(21-14(16)17-2)20-10-6-5-9-11(19-7-18-9)12(10)23(3,4)22/h5-7,20H,2H2,1,3-4H3,(H,18,19)/b13-8+,21-14-. The monoisotopic (exact) mass is 371 g/mol. The van der Waals surface area contributed by atoms with Crippen molar-refractivity contribution in [2.45, 2.75) is 6.92 Å². The minimum Gasteiger partial charge on any atom is -0.345 e. The smallest absolute Gasteiger partial charge is 0.223 e. The molecular weight excluding hydrogens is 356 g/mol. The van der Waals surface area contributed by atoms with Crippen molar-refractivity contribution in [3.05, 3.63) is 29.3 Å². The van der Waals surface area contributed by atoms with E-state index in [1.54, 1.807) is 32.6 Å². The molecule has 23 heavy (non-hydrogen) atoms. The highest BCUT2D eigenvalue weighted by Gasteiger charge is 2.22. The third kappa shape index (κ3) is 4.02. The summed E-state index contributed by atoms with van der Waals surface area (Å²) in [6.07, 6.45) is 1.56. The van der Waals surface area contributed by atoms with Crippen LogP contribution in [0.1, 0.15) is 6.92 Å². The molecule has 0 bridgehead atoms. The number of allylic oxidation sites excluding steroid dienone is 1. The molecule has 9 heteroatoms. The van der Waals surface area contributed by atoms with Gasteiger partial charge in [0.05, 0.1) is 27.9 Å². The van der Waals surface area contributed by atoms with Crippen LogP contribution in [-0.4, -0.2) is 35.3 Å². The van der Waals surface area contributed by atoms with Crippen LogP contribution < -0.4 is 10.6 Å². The average molecular weight is 372 g/mol. The Kier molecular flexibility index (Phi) is 5.30. The lowest BCUT2D eigenvalue weighted by Crippen LogP contribution is -2.14. The minimum atomic E-state index is -2.62. The zero-order chi connectivity index (χ0) is 17.2. The van der Waals surface area contributed by atoms with Crippen LogP contribution in [0.25, 0.3) is 11.0 Å². The molecule has 1 heterocycles. The molecule has 122 valence electrons. The van der Waals surface area contributed by atoms with Crippen molar-refractivity contribution in [1.29, 1.82) is 0 Å². The number of aromatic nitrogens is 2. The molecule has 0 aliphatic heterocycles. The van der Waals surface area contributed by atoms with Gasteiger partial charge < -0.3 is 14.9 Å². The number of fused-ring (bicyclic) bond motifs is 1. The number of halogens is 2. The predicted octanol–water partition coefficient (Wildman–Crippen LogP) is 3.95. The van der Waals surface area contributed by atoms with Crippen LogP contribution in [0.15, 0.2) is 39.3 Å². The lowest BCUT2D eigenvalue weighted by molar-refractivity contribution is 0.588. The number of nitrogens with one attached hydrogen (secondary N) is 2. The molecule has 0 atom stereocenters. The van der Waals surface area contributed by atoms with Crippen LogP contribution in [0.4, 0.5) is 5.69 Å². The van der Waals surface area contributed by atoms with Gasteiger partial charge in [-0.1, -0.05) is 11.6 Å². The normalized spacial score (nSPS) is 13.9. The number of H-pyrrole nitrogens is 1. The first kappa shape index (κ1) is 17.7. The second-order valence-corrected chi connectivity index (χ2v) is 9.21. The Balaban J connectivity index is 2.62. The van der Waals surface area contributed by atoms with E-state index < -0.39 is 7.14 Å². The van der Waals surface area contributed by atoms with Crippen LogP contribution in [0.2, 0.25) is 0 Å². The van der Waals surface area contributed by atoms with Gasteiger partial charge in [0.2, 0.25) is 5.29 Å². The maximum Gasteiger partial charge on any atom is 0.223 e. The summed E-state index contributed by atoms with van der Waals surface area (Å²) in [7, 11) is -2.62. The summed E-state index contributed by atoms with van der Waals surface area (Å²) in [5.74, 6) is 0.300. The highest BCUT2D eigenvalue weighted by molar-refractivity contribution is 7.71. The average Bonchev–Trinajstić information content (AvgIpc) is 2.92. The van der Waals surface area contributed by atoms with Crippen molar-refractivity contribution in [1.82, 2.24) is 9.97 Å². The van der Waals surface area contributed by atoms with Gasteiger partial charge in [-0.3, -0.25) is 0 Å². The van der Waals surface area contributed by atoms with Crippen LogP contribution in [0, 0.1) is 0 Å². The van der Waals surface area contributed by atoms with Crippen molar-refractivity contribution >= 4 is 64.4 Å².